The Balaban J connectivity index is 1.91. The molecule has 0 fully saturated rings. The molecule has 2 aromatic heterocycles. The number of carbonyl (C=O) groups is 2. The van der Waals surface area contributed by atoms with Gasteiger partial charge in [0.25, 0.3) is 5.91 Å². The molecule has 0 saturated carbocycles. The van der Waals surface area contributed by atoms with Gasteiger partial charge in [0.15, 0.2) is 12.3 Å². The van der Waals surface area contributed by atoms with Crippen LogP contribution in [0.25, 0.3) is 5.65 Å². The molecule has 7 heteroatoms. The van der Waals surface area contributed by atoms with Gasteiger partial charge in [0.2, 0.25) is 0 Å². The number of pyridine rings is 1. The van der Waals surface area contributed by atoms with Gasteiger partial charge in [-0.05, 0) is 50.5 Å². The molecule has 0 radical (unpaired) electrons. The smallest absolute Gasteiger partial charge is 0.303 e. The number of nitrogens with zero attached hydrogens (tertiary/aromatic N) is 2. The summed E-state index contributed by atoms with van der Waals surface area (Å²) in [5, 5.41) is 6.25. The number of aryl methyl sites for hydroxylation is 4. The molecule has 152 valence electrons. The lowest BCUT2D eigenvalue weighted by atomic mass is 10.0. The fourth-order valence-corrected chi connectivity index (χ4v) is 3.25. The molecule has 2 N–H and O–H groups in total. The molecule has 7 nitrogen and oxygen atoms in total. The number of carbonyl (C=O) groups excluding carboxylic acids is 2. The zero-order valence-corrected chi connectivity index (χ0v) is 17.4. The zero-order valence-electron chi connectivity index (χ0n) is 17.4. The van der Waals surface area contributed by atoms with Gasteiger partial charge in [0, 0.05) is 25.4 Å². The average Bonchev–Trinajstić information content (AvgIpc) is 2.94. The van der Waals surface area contributed by atoms with Gasteiger partial charge in [-0.25, -0.2) is 4.98 Å². The van der Waals surface area contributed by atoms with Crippen LogP contribution in [-0.4, -0.2) is 27.9 Å². The largest absolute Gasteiger partial charge is 0.456 e. The van der Waals surface area contributed by atoms with E-state index < -0.39 is 11.9 Å². The highest BCUT2D eigenvalue weighted by Gasteiger charge is 2.13. The molecule has 3 rings (SSSR count). The molecule has 0 bridgehead atoms. The van der Waals surface area contributed by atoms with Crippen LogP contribution >= 0.6 is 0 Å². The van der Waals surface area contributed by atoms with Crippen molar-refractivity contribution in [3.63, 3.8) is 0 Å². The van der Waals surface area contributed by atoms with Gasteiger partial charge in [0.1, 0.15) is 0 Å². The van der Waals surface area contributed by atoms with E-state index in [0.717, 1.165) is 22.7 Å². The minimum Gasteiger partial charge on any atom is -0.456 e. The number of anilines is 2. The molecule has 1 amide bonds. The standard InChI is InChI=1S/C22H26N4O3/c1-13-7-6-8-14(2)19(13)10-23-20-9-18(25-21(28)12-29-17(5)27)11-26-16(4)15(3)24-22(20)26/h6-9,11,23H,10,12H2,1-5H3,(H,25,28). The fraction of sp³-hybridized carbons (Fsp3) is 0.318. The Morgan fingerprint density at radius 1 is 1.14 bits per heavy atom. The van der Waals surface area contributed by atoms with Crippen LogP contribution in [0.1, 0.15) is 35.0 Å². The summed E-state index contributed by atoms with van der Waals surface area (Å²) in [6.45, 7) is 9.72. The summed E-state index contributed by atoms with van der Waals surface area (Å²) < 4.78 is 6.72. The Bertz CT molecular complexity index is 1070. The normalized spacial score (nSPS) is 10.8. The molecule has 0 unspecified atom stereocenters. The quantitative estimate of drug-likeness (QED) is 0.623. The van der Waals surface area contributed by atoms with Crippen LogP contribution in [0.4, 0.5) is 11.4 Å². The van der Waals surface area contributed by atoms with Gasteiger partial charge < -0.3 is 19.8 Å². The van der Waals surface area contributed by atoms with Gasteiger partial charge in [-0.15, -0.1) is 0 Å². The third-order valence-electron chi connectivity index (χ3n) is 4.99. The molecule has 0 spiro atoms. The first-order valence-corrected chi connectivity index (χ1v) is 9.47. The monoisotopic (exact) mass is 394 g/mol. The molecule has 2 heterocycles. The van der Waals surface area contributed by atoms with E-state index in [2.05, 4.69) is 41.6 Å². The highest BCUT2D eigenvalue weighted by Crippen LogP contribution is 2.26. The minimum atomic E-state index is -0.493. The van der Waals surface area contributed by atoms with Crippen molar-refractivity contribution in [1.82, 2.24) is 9.38 Å². The second-order valence-electron chi connectivity index (χ2n) is 7.17. The predicted molar refractivity (Wildman–Crippen MR) is 113 cm³/mol. The van der Waals surface area contributed by atoms with Crippen LogP contribution in [0.3, 0.4) is 0 Å². The minimum absolute atomic E-state index is 0.319. The van der Waals surface area contributed by atoms with Gasteiger partial charge >= 0.3 is 5.97 Å². The summed E-state index contributed by atoms with van der Waals surface area (Å²) in [7, 11) is 0. The van der Waals surface area contributed by atoms with Crippen LogP contribution in [0.15, 0.2) is 30.5 Å². The first-order chi connectivity index (χ1) is 13.8. The maximum absolute atomic E-state index is 12.1. The van der Waals surface area contributed by atoms with E-state index in [1.54, 1.807) is 0 Å². The van der Waals surface area contributed by atoms with Gasteiger partial charge in [-0.2, -0.15) is 0 Å². The maximum Gasteiger partial charge on any atom is 0.303 e. The molecular weight excluding hydrogens is 368 g/mol. The second-order valence-corrected chi connectivity index (χ2v) is 7.17. The summed E-state index contributed by atoms with van der Waals surface area (Å²) in [5.74, 6) is -0.887. The summed E-state index contributed by atoms with van der Waals surface area (Å²) in [5.41, 5.74) is 7.78. The van der Waals surface area contributed by atoms with Gasteiger partial charge in [-0.3, -0.25) is 9.59 Å². The Hall–Kier alpha value is -3.35. The summed E-state index contributed by atoms with van der Waals surface area (Å²) >= 11 is 0. The Morgan fingerprint density at radius 3 is 2.48 bits per heavy atom. The van der Waals surface area contributed by atoms with Crippen LogP contribution in [0, 0.1) is 27.7 Å². The molecule has 0 aliphatic rings. The van der Waals surface area contributed by atoms with Crippen molar-refractivity contribution in [1.29, 1.82) is 0 Å². The maximum atomic E-state index is 12.1. The van der Waals surface area contributed by atoms with E-state index in [-0.39, 0.29) is 6.61 Å². The van der Waals surface area contributed by atoms with E-state index in [9.17, 15) is 9.59 Å². The SMILES string of the molecule is CC(=O)OCC(=O)Nc1cc(NCc2c(C)cccc2C)c2nc(C)c(C)n2c1. The number of hydrogen-bond donors (Lipinski definition) is 2. The first-order valence-electron chi connectivity index (χ1n) is 9.47. The number of nitrogens with one attached hydrogen (secondary N) is 2. The number of benzene rings is 1. The van der Waals surface area contributed by atoms with Crippen molar-refractivity contribution in [3.05, 3.63) is 58.5 Å². The van der Waals surface area contributed by atoms with Crippen molar-refractivity contribution in [2.75, 3.05) is 17.2 Å². The number of aromatic nitrogens is 2. The van der Waals surface area contributed by atoms with Gasteiger partial charge in [-0.1, -0.05) is 18.2 Å². The van der Waals surface area contributed by atoms with Crippen molar-refractivity contribution in [2.24, 2.45) is 0 Å². The zero-order chi connectivity index (χ0) is 21.1. The van der Waals surface area contributed by atoms with Crippen LogP contribution in [-0.2, 0) is 20.9 Å². The highest BCUT2D eigenvalue weighted by atomic mass is 16.5. The van der Waals surface area contributed by atoms with Crippen LogP contribution < -0.4 is 10.6 Å². The lowest BCUT2D eigenvalue weighted by Crippen LogP contribution is -2.20. The van der Waals surface area contributed by atoms with Crippen molar-refractivity contribution in [2.45, 2.75) is 41.2 Å². The number of fused-ring (bicyclic) bond motifs is 1. The lowest BCUT2D eigenvalue weighted by Gasteiger charge is -2.14. The Kier molecular flexibility index (Phi) is 5.87. The van der Waals surface area contributed by atoms with E-state index in [1.165, 1.54) is 23.6 Å². The van der Waals surface area contributed by atoms with E-state index >= 15 is 0 Å². The molecule has 0 aliphatic carbocycles. The molecule has 3 aromatic rings. The first kappa shape index (κ1) is 20.4. The summed E-state index contributed by atoms with van der Waals surface area (Å²) in [6.07, 6.45) is 1.82. The number of ether oxygens (including phenoxy) is 1. The van der Waals surface area contributed by atoms with E-state index in [4.69, 9.17) is 4.74 Å². The van der Waals surface area contributed by atoms with Crippen LogP contribution in [0.5, 0.6) is 0 Å². The number of imidazole rings is 1. The summed E-state index contributed by atoms with van der Waals surface area (Å²) in [6, 6.07) is 8.08. The number of rotatable bonds is 6. The Labute approximate surface area is 170 Å². The van der Waals surface area contributed by atoms with Crippen molar-refractivity contribution in [3.8, 4) is 0 Å². The van der Waals surface area contributed by atoms with E-state index in [1.807, 2.05) is 36.6 Å². The molecule has 29 heavy (non-hydrogen) atoms. The predicted octanol–water partition coefficient (Wildman–Crippen LogP) is 3.68. The summed E-state index contributed by atoms with van der Waals surface area (Å²) in [4.78, 5) is 27.7. The van der Waals surface area contributed by atoms with Crippen molar-refractivity contribution < 1.29 is 14.3 Å². The average molecular weight is 394 g/mol. The lowest BCUT2D eigenvalue weighted by molar-refractivity contribution is -0.144. The third-order valence-corrected chi connectivity index (χ3v) is 4.99. The van der Waals surface area contributed by atoms with E-state index in [0.29, 0.717) is 12.2 Å². The van der Waals surface area contributed by atoms with Crippen LogP contribution in [0.2, 0.25) is 0 Å². The molecule has 0 aliphatic heterocycles. The molecule has 0 atom stereocenters. The second kappa shape index (κ2) is 8.34. The Morgan fingerprint density at radius 2 is 1.83 bits per heavy atom. The third kappa shape index (κ3) is 4.56. The van der Waals surface area contributed by atoms with Gasteiger partial charge in [0.05, 0.1) is 17.1 Å². The number of esters is 1. The number of hydrogen-bond acceptors (Lipinski definition) is 5. The fourth-order valence-electron chi connectivity index (χ4n) is 3.25. The molecular formula is C22H26N4O3. The highest BCUT2D eigenvalue weighted by molar-refractivity contribution is 5.93. The topological polar surface area (TPSA) is 84.7 Å². The molecule has 0 saturated heterocycles. The molecule has 1 aromatic carbocycles. The van der Waals surface area contributed by atoms with Crippen molar-refractivity contribution >= 4 is 28.9 Å². The number of amides is 1.